The third-order valence-corrected chi connectivity index (χ3v) is 3.61. The Balaban J connectivity index is 5.90. The van der Waals surface area contributed by atoms with Crippen molar-refractivity contribution < 1.29 is 24.2 Å². The second kappa shape index (κ2) is 8.17. The van der Waals surface area contributed by atoms with E-state index in [4.69, 9.17) is 9.47 Å². The lowest BCUT2D eigenvalue weighted by molar-refractivity contribution is -0.159. The highest BCUT2D eigenvalue weighted by Crippen LogP contribution is 2.33. The Morgan fingerprint density at radius 2 is 1.91 bits per heavy atom. The molecule has 2 atom stereocenters. The van der Waals surface area contributed by atoms with Crippen molar-refractivity contribution in [2.45, 2.75) is 58.6 Å². The first-order valence-corrected chi connectivity index (χ1v) is 7.40. The van der Waals surface area contributed by atoms with Gasteiger partial charge in [-0.15, -0.1) is 6.58 Å². The second-order valence-corrected chi connectivity index (χ2v) is 6.36. The van der Waals surface area contributed by atoms with E-state index in [0.29, 0.717) is 6.42 Å². The summed E-state index contributed by atoms with van der Waals surface area (Å²) in [5, 5.41) is 9.85. The minimum atomic E-state index is -1.45. The van der Waals surface area contributed by atoms with Crippen LogP contribution in [0.4, 0.5) is 4.79 Å². The third-order valence-electron chi connectivity index (χ3n) is 3.61. The molecule has 0 fully saturated rings. The van der Waals surface area contributed by atoms with E-state index in [1.807, 2.05) is 6.92 Å². The van der Waals surface area contributed by atoms with Gasteiger partial charge in [0.1, 0.15) is 12.3 Å². The second-order valence-electron chi connectivity index (χ2n) is 6.36. The number of amides is 1. The summed E-state index contributed by atoms with van der Waals surface area (Å²) in [6.45, 7) is 12.3. The van der Waals surface area contributed by atoms with E-state index in [9.17, 15) is 14.7 Å². The van der Waals surface area contributed by atoms with Crippen molar-refractivity contribution in [1.82, 2.24) is 4.90 Å². The number of ether oxygens (including phenoxy) is 2. The molecule has 0 heterocycles. The molecule has 0 aromatic carbocycles. The van der Waals surface area contributed by atoms with E-state index in [-0.39, 0.29) is 19.1 Å². The average Bonchev–Trinajstić information content (AvgIpc) is 2.39. The standard InChI is InChI=1S/C16H29NO5/c1-8-10-16(13(18)19,12(3)9-2)17(11-21-7)14(20)22-15(4,5)6/h8,12H,1,9-11H2,2-7H3,(H,18,19)/t12-,16-/m0/s1. The fraction of sp³-hybridized carbons (Fsp3) is 0.750. The largest absolute Gasteiger partial charge is 0.479 e. The van der Waals surface area contributed by atoms with Gasteiger partial charge in [-0.2, -0.15) is 0 Å². The molecule has 6 heteroatoms. The van der Waals surface area contributed by atoms with Crippen molar-refractivity contribution in [2.24, 2.45) is 5.92 Å². The van der Waals surface area contributed by atoms with Gasteiger partial charge in [0, 0.05) is 7.11 Å². The van der Waals surface area contributed by atoms with Crippen LogP contribution >= 0.6 is 0 Å². The van der Waals surface area contributed by atoms with Crippen LogP contribution in [0.1, 0.15) is 47.5 Å². The van der Waals surface area contributed by atoms with Gasteiger partial charge in [-0.3, -0.25) is 4.90 Å². The maximum Gasteiger partial charge on any atom is 0.413 e. The van der Waals surface area contributed by atoms with Crippen LogP contribution in [0.15, 0.2) is 12.7 Å². The molecular weight excluding hydrogens is 286 g/mol. The first-order chi connectivity index (χ1) is 10.1. The number of carbonyl (C=O) groups excluding carboxylic acids is 1. The van der Waals surface area contributed by atoms with Crippen molar-refractivity contribution in [1.29, 1.82) is 0 Å². The molecule has 0 aromatic heterocycles. The number of carbonyl (C=O) groups is 2. The van der Waals surface area contributed by atoms with Crippen molar-refractivity contribution >= 4 is 12.1 Å². The Labute approximate surface area is 133 Å². The molecular formula is C16H29NO5. The summed E-state index contributed by atoms with van der Waals surface area (Å²) < 4.78 is 10.4. The maximum atomic E-state index is 12.5. The SMILES string of the molecule is C=CC[C@@](C(=O)O)([C@@H](C)CC)N(COC)C(=O)OC(C)(C)C. The van der Waals surface area contributed by atoms with Gasteiger partial charge < -0.3 is 14.6 Å². The summed E-state index contributed by atoms with van der Waals surface area (Å²) in [6, 6.07) is 0. The first kappa shape index (κ1) is 20.4. The number of carboxylic acids is 1. The molecule has 0 spiro atoms. The molecule has 128 valence electrons. The lowest BCUT2D eigenvalue weighted by Gasteiger charge is -2.43. The Morgan fingerprint density at radius 3 is 2.23 bits per heavy atom. The number of nitrogens with zero attached hydrogens (tertiary/aromatic N) is 1. The van der Waals surface area contributed by atoms with Crippen LogP contribution in [0.5, 0.6) is 0 Å². The highest BCUT2D eigenvalue weighted by atomic mass is 16.6. The fourth-order valence-electron chi connectivity index (χ4n) is 2.33. The topological polar surface area (TPSA) is 76.1 Å². The van der Waals surface area contributed by atoms with Crippen LogP contribution < -0.4 is 0 Å². The Hall–Kier alpha value is -1.56. The molecule has 0 aliphatic heterocycles. The van der Waals surface area contributed by atoms with Gasteiger partial charge in [0.25, 0.3) is 0 Å². The molecule has 0 saturated heterocycles. The molecule has 1 amide bonds. The predicted molar refractivity (Wildman–Crippen MR) is 84.6 cm³/mol. The zero-order valence-electron chi connectivity index (χ0n) is 14.5. The summed E-state index contributed by atoms with van der Waals surface area (Å²) in [7, 11) is 1.41. The first-order valence-electron chi connectivity index (χ1n) is 7.40. The van der Waals surface area contributed by atoms with E-state index < -0.39 is 23.2 Å². The van der Waals surface area contributed by atoms with Crippen LogP contribution in [0.3, 0.4) is 0 Å². The van der Waals surface area contributed by atoms with Crippen molar-refractivity contribution in [3.63, 3.8) is 0 Å². The number of rotatable bonds is 8. The Morgan fingerprint density at radius 1 is 1.36 bits per heavy atom. The third kappa shape index (κ3) is 4.73. The number of carboxylic acid groups (broad SMARTS) is 1. The number of aliphatic carboxylic acids is 1. The quantitative estimate of drug-likeness (QED) is 0.549. The molecule has 0 aromatic rings. The lowest BCUT2D eigenvalue weighted by Crippen LogP contribution is -2.61. The summed E-state index contributed by atoms with van der Waals surface area (Å²) in [5.74, 6) is -1.39. The Bertz CT molecular complexity index is 402. The molecule has 0 aliphatic carbocycles. The zero-order chi connectivity index (χ0) is 17.6. The smallest absolute Gasteiger partial charge is 0.413 e. The number of hydrogen-bond acceptors (Lipinski definition) is 4. The minimum Gasteiger partial charge on any atom is -0.479 e. The molecule has 0 aliphatic rings. The normalized spacial score (nSPS) is 15.5. The highest BCUT2D eigenvalue weighted by Gasteiger charge is 2.50. The van der Waals surface area contributed by atoms with Crippen molar-refractivity contribution in [3.05, 3.63) is 12.7 Å². The van der Waals surface area contributed by atoms with Gasteiger partial charge in [-0.25, -0.2) is 9.59 Å². The van der Waals surface area contributed by atoms with Crippen LogP contribution in [-0.2, 0) is 14.3 Å². The summed E-state index contributed by atoms with van der Waals surface area (Å²) in [5.41, 5.74) is -2.17. The number of methoxy groups -OCH3 is 1. The van der Waals surface area contributed by atoms with E-state index in [1.54, 1.807) is 27.7 Å². The number of hydrogen-bond donors (Lipinski definition) is 1. The summed E-state index contributed by atoms with van der Waals surface area (Å²) in [4.78, 5) is 25.7. The van der Waals surface area contributed by atoms with Gasteiger partial charge in [0.15, 0.2) is 5.54 Å². The van der Waals surface area contributed by atoms with Crippen LogP contribution in [0.2, 0.25) is 0 Å². The molecule has 0 unspecified atom stereocenters. The monoisotopic (exact) mass is 315 g/mol. The molecule has 22 heavy (non-hydrogen) atoms. The van der Waals surface area contributed by atoms with Gasteiger partial charge in [-0.05, 0) is 33.1 Å². The van der Waals surface area contributed by atoms with Gasteiger partial charge in [-0.1, -0.05) is 26.3 Å². The van der Waals surface area contributed by atoms with Crippen LogP contribution in [0, 0.1) is 5.92 Å². The minimum absolute atomic E-state index is 0.111. The van der Waals surface area contributed by atoms with Crippen molar-refractivity contribution in [3.8, 4) is 0 Å². The van der Waals surface area contributed by atoms with Gasteiger partial charge in [0.05, 0.1) is 0 Å². The zero-order valence-corrected chi connectivity index (χ0v) is 14.5. The van der Waals surface area contributed by atoms with Gasteiger partial charge in [0.2, 0.25) is 0 Å². The van der Waals surface area contributed by atoms with Crippen LogP contribution in [0.25, 0.3) is 0 Å². The molecule has 1 N–H and O–H groups in total. The van der Waals surface area contributed by atoms with E-state index in [2.05, 4.69) is 6.58 Å². The average molecular weight is 315 g/mol. The highest BCUT2D eigenvalue weighted by molar-refractivity contribution is 5.85. The van der Waals surface area contributed by atoms with E-state index >= 15 is 0 Å². The molecule has 0 rings (SSSR count). The molecule has 0 bridgehead atoms. The summed E-state index contributed by atoms with van der Waals surface area (Å²) in [6.07, 6.45) is 1.50. The lowest BCUT2D eigenvalue weighted by atomic mass is 9.79. The van der Waals surface area contributed by atoms with E-state index in [0.717, 1.165) is 4.90 Å². The van der Waals surface area contributed by atoms with Crippen LogP contribution in [-0.4, -0.2) is 47.0 Å². The summed E-state index contributed by atoms with van der Waals surface area (Å²) >= 11 is 0. The van der Waals surface area contributed by atoms with E-state index in [1.165, 1.54) is 13.2 Å². The molecule has 6 nitrogen and oxygen atoms in total. The van der Waals surface area contributed by atoms with Gasteiger partial charge >= 0.3 is 12.1 Å². The van der Waals surface area contributed by atoms with Crippen molar-refractivity contribution in [2.75, 3.05) is 13.8 Å². The molecule has 0 saturated carbocycles. The maximum absolute atomic E-state index is 12.5. The predicted octanol–water partition coefficient (Wildman–Crippen LogP) is 3.27. The Kier molecular flexibility index (Phi) is 7.59. The molecule has 0 radical (unpaired) electrons. The fourth-order valence-corrected chi connectivity index (χ4v) is 2.33.